The molecule has 3 fully saturated rings. The van der Waals surface area contributed by atoms with Crippen molar-refractivity contribution in [3.05, 3.63) is 71.8 Å². The molecule has 5 rings (SSSR count). The van der Waals surface area contributed by atoms with E-state index in [0.29, 0.717) is 42.2 Å². The Hall–Kier alpha value is -2.99. The van der Waals surface area contributed by atoms with Gasteiger partial charge in [0.25, 0.3) is 0 Å². The van der Waals surface area contributed by atoms with Crippen LogP contribution in [0.25, 0.3) is 0 Å². The zero-order valence-electron chi connectivity index (χ0n) is 28.5. The first-order chi connectivity index (χ1) is 22.1. The van der Waals surface area contributed by atoms with Crippen molar-refractivity contribution in [2.45, 2.75) is 104 Å². The van der Waals surface area contributed by atoms with Crippen molar-refractivity contribution in [1.82, 2.24) is 0 Å². The average Bonchev–Trinajstić information content (AvgIpc) is 3.44. The summed E-state index contributed by atoms with van der Waals surface area (Å²) in [6.07, 6.45) is 7.91. The molecule has 0 aliphatic heterocycles. The standard InChI is InChI=1S/C40H54O6/c1-6-30(41)21-23-39(3)24-22-34(45-37(42)28-15-9-7-10-16-28)36-32-20-19-31(27(2)14-13-25-44-5)40(32,4)35(26-33(36)39)46-38(43)29-17-11-8-12-18-29/h7-12,15-18,27,31-36H,6,13-14,19-26H2,1-5H3/t27?,31?,32?,33?,34-,35+,36?,39+,40-/m1/s1. The summed E-state index contributed by atoms with van der Waals surface area (Å²) in [5.74, 6) is 1.07. The number of esters is 2. The minimum Gasteiger partial charge on any atom is -0.458 e. The molecule has 0 radical (unpaired) electrons. The van der Waals surface area contributed by atoms with E-state index in [1.165, 1.54) is 0 Å². The lowest BCUT2D eigenvalue weighted by atomic mass is 9.46. The van der Waals surface area contributed by atoms with Crippen LogP contribution in [-0.4, -0.2) is 43.6 Å². The molecule has 0 spiro atoms. The van der Waals surface area contributed by atoms with Crippen molar-refractivity contribution in [1.29, 1.82) is 0 Å². The van der Waals surface area contributed by atoms with Gasteiger partial charge in [0, 0.05) is 37.9 Å². The smallest absolute Gasteiger partial charge is 0.338 e. The molecule has 0 N–H and O–H groups in total. The Morgan fingerprint density at radius 3 is 2.11 bits per heavy atom. The summed E-state index contributed by atoms with van der Waals surface area (Å²) >= 11 is 0. The minimum absolute atomic E-state index is 0.119. The number of fused-ring (bicyclic) bond motifs is 3. The molecule has 2 aromatic carbocycles. The summed E-state index contributed by atoms with van der Waals surface area (Å²) in [6.45, 7) is 9.72. The van der Waals surface area contributed by atoms with Gasteiger partial charge in [0.1, 0.15) is 18.0 Å². The second kappa shape index (κ2) is 14.8. The van der Waals surface area contributed by atoms with E-state index in [2.05, 4.69) is 20.8 Å². The molecule has 46 heavy (non-hydrogen) atoms. The summed E-state index contributed by atoms with van der Waals surface area (Å²) in [7, 11) is 1.75. The molecule has 3 saturated carbocycles. The highest BCUT2D eigenvalue weighted by molar-refractivity contribution is 5.90. The molecule has 3 aliphatic carbocycles. The number of ketones is 1. The second-order valence-corrected chi connectivity index (χ2v) is 14.8. The van der Waals surface area contributed by atoms with E-state index in [4.69, 9.17) is 14.2 Å². The van der Waals surface area contributed by atoms with Crippen LogP contribution in [0.4, 0.5) is 0 Å². The van der Waals surface area contributed by atoms with E-state index in [1.807, 2.05) is 67.6 Å². The summed E-state index contributed by atoms with van der Waals surface area (Å²) in [5, 5.41) is 0. The zero-order valence-corrected chi connectivity index (χ0v) is 28.5. The molecular weight excluding hydrogens is 576 g/mol. The van der Waals surface area contributed by atoms with Crippen molar-refractivity contribution in [2.24, 2.45) is 40.4 Å². The zero-order chi connectivity index (χ0) is 32.9. The van der Waals surface area contributed by atoms with Crippen LogP contribution in [0.1, 0.15) is 113 Å². The van der Waals surface area contributed by atoms with Crippen molar-refractivity contribution in [3.8, 4) is 0 Å². The topological polar surface area (TPSA) is 78.9 Å². The normalized spacial score (nSPS) is 32.5. The first-order valence-electron chi connectivity index (χ1n) is 17.6. The van der Waals surface area contributed by atoms with Crippen molar-refractivity contribution < 1.29 is 28.6 Å². The quantitative estimate of drug-likeness (QED) is 0.163. The van der Waals surface area contributed by atoms with Gasteiger partial charge in [0.15, 0.2) is 0 Å². The highest BCUT2D eigenvalue weighted by atomic mass is 16.5. The molecule has 250 valence electrons. The Morgan fingerprint density at radius 2 is 1.50 bits per heavy atom. The number of hydrogen-bond acceptors (Lipinski definition) is 6. The highest BCUT2D eigenvalue weighted by Gasteiger charge is 2.65. The molecule has 5 unspecified atom stereocenters. The predicted molar refractivity (Wildman–Crippen MR) is 179 cm³/mol. The van der Waals surface area contributed by atoms with Gasteiger partial charge in [-0.15, -0.1) is 0 Å². The largest absolute Gasteiger partial charge is 0.458 e. The molecule has 6 nitrogen and oxygen atoms in total. The summed E-state index contributed by atoms with van der Waals surface area (Å²) in [4.78, 5) is 39.8. The van der Waals surface area contributed by atoms with Gasteiger partial charge in [0.05, 0.1) is 11.1 Å². The Bertz CT molecular complexity index is 1330. The van der Waals surface area contributed by atoms with Gasteiger partial charge in [0.2, 0.25) is 0 Å². The fourth-order valence-corrected chi connectivity index (χ4v) is 9.80. The molecule has 3 aliphatic rings. The fourth-order valence-electron chi connectivity index (χ4n) is 9.80. The number of Topliss-reactive ketones (excluding diaryl/α,β-unsaturated/α-hetero) is 1. The predicted octanol–water partition coefficient (Wildman–Crippen LogP) is 8.73. The maximum Gasteiger partial charge on any atom is 0.338 e. The number of carbonyl (C=O) groups excluding carboxylic acids is 3. The third-order valence-electron chi connectivity index (χ3n) is 12.4. The van der Waals surface area contributed by atoms with Crippen LogP contribution in [0.2, 0.25) is 0 Å². The summed E-state index contributed by atoms with van der Waals surface area (Å²) in [6, 6.07) is 18.6. The van der Waals surface area contributed by atoms with E-state index in [1.54, 1.807) is 7.11 Å². The van der Waals surface area contributed by atoms with E-state index in [9.17, 15) is 14.4 Å². The monoisotopic (exact) mass is 630 g/mol. The number of benzene rings is 2. The third-order valence-corrected chi connectivity index (χ3v) is 12.4. The maximum absolute atomic E-state index is 13.7. The Kier molecular flexibility index (Phi) is 11.1. The number of methoxy groups -OCH3 is 1. The van der Waals surface area contributed by atoms with Crippen LogP contribution in [0.5, 0.6) is 0 Å². The Labute approximate surface area is 276 Å². The third kappa shape index (κ3) is 6.98. The molecule has 0 heterocycles. The van der Waals surface area contributed by atoms with Gasteiger partial charge in [-0.1, -0.05) is 64.1 Å². The van der Waals surface area contributed by atoms with E-state index in [-0.39, 0.29) is 58.5 Å². The summed E-state index contributed by atoms with van der Waals surface area (Å²) < 4.78 is 18.5. The van der Waals surface area contributed by atoms with Crippen LogP contribution in [0, 0.1) is 40.4 Å². The van der Waals surface area contributed by atoms with Crippen molar-refractivity contribution >= 4 is 17.7 Å². The van der Waals surface area contributed by atoms with Crippen LogP contribution in [0.3, 0.4) is 0 Å². The van der Waals surface area contributed by atoms with E-state index in [0.717, 1.165) is 51.6 Å². The number of carbonyl (C=O) groups is 3. The van der Waals surface area contributed by atoms with Gasteiger partial charge < -0.3 is 14.2 Å². The molecule has 6 heteroatoms. The van der Waals surface area contributed by atoms with Crippen LogP contribution in [0.15, 0.2) is 60.7 Å². The molecule has 0 saturated heterocycles. The number of hydrogen-bond donors (Lipinski definition) is 0. The highest BCUT2D eigenvalue weighted by Crippen LogP contribution is 2.67. The lowest BCUT2D eigenvalue weighted by molar-refractivity contribution is -0.182. The first-order valence-corrected chi connectivity index (χ1v) is 17.6. The van der Waals surface area contributed by atoms with E-state index >= 15 is 0 Å². The van der Waals surface area contributed by atoms with Crippen LogP contribution >= 0.6 is 0 Å². The lowest BCUT2D eigenvalue weighted by Gasteiger charge is -2.61. The van der Waals surface area contributed by atoms with Gasteiger partial charge in [-0.2, -0.15) is 0 Å². The SMILES string of the molecule is CCC(=O)CC[C@@]1(C)CC[C@@H](OC(=O)c2ccccc2)C2C1C[C@H](OC(=O)c1ccccc1)[C@]1(C)C(C(C)CCCOC)CCC21. The molecule has 9 atom stereocenters. The van der Waals surface area contributed by atoms with Gasteiger partial charge in [-0.05, 0) is 105 Å². The minimum atomic E-state index is -0.271. The Morgan fingerprint density at radius 1 is 0.870 bits per heavy atom. The van der Waals surface area contributed by atoms with Crippen LogP contribution < -0.4 is 0 Å². The maximum atomic E-state index is 13.7. The molecular formula is C40H54O6. The Balaban J connectivity index is 1.53. The molecule has 0 amide bonds. The molecule has 0 aromatic heterocycles. The fraction of sp³-hybridized carbons (Fsp3) is 0.625. The van der Waals surface area contributed by atoms with Crippen molar-refractivity contribution in [3.63, 3.8) is 0 Å². The molecule has 2 aromatic rings. The van der Waals surface area contributed by atoms with Gasteiger partial charge in [-0.3, -0.25) is 4.79 Å². The van der Waals surface area contributed by atoms with Crippen molar-refractivity contribution in [2.75, 3.05) is 13.7 Å². The van der Waals surface area contributed by atoms with E-state index < -0.39 is 0 Å². The molecule has 0 bridgehead atoms. The van der Waals surface area contributed by atoms with Gasteiger partial charge in [-0.25, -0.2) is 9.59 Å². The van der Waals surface area contributed by atoms with Crippen LogP contribution in [-0.2, 0) is 19.0 Å². The second-order valence-electron chi connectivity index (χ2n) is 14.8. The lowest BCUT2D eigenvalue weighted by Crippen LogP contribution is -2.60. The number of ether oxygens (including phenoxy) is 3. The number of rotatable bonds is 13. The first kappa shape index (κ1) is 34.3. The summed E-state index contributed by atoms with van der Waals surface area (Å²) in [5.41, 5.74) is 0.756. The van der Waals surface area contributed by atoms with Gasteiger partial charge >= 0.3 is 11.9 Å². The average molecular weight is 631 g/mol.